The van der Waals surface area contributed by atoms with Crippen molar-refractivity contribution < 1.29 is 5.11 Å². The van der Waals surface area contributed by atoms with E-state index in [4.69, 9.17) is 11.6 Å². The van der Waals surface area contributed by atoms with Crippen molar-refractivity contribution in [2.45, 2.75) is 12.6 Å². The smallest absolute Gasteiger partial charge is 0.0931 e. The molecule has 2 unspecified atom stereocenters. The van der Waals surface area contributed by atoms with Gasteiger partial charge in [0.25, 0.3) is 0 Å². The number of aliphatic hydroxyl groups is 1. The first-order valence-corrected chi connectivity index (χ1v) is 6.29. The van der Waals surface area contributed by atoms with Gasteiger partial charge in [-0.25, -0.2) is 0 Å². The molecule has 1 saturated heterocycles. The van der Waals surface area contributed by atoms with Crippen LogP contribution in [0.3, 0.4) is 0 Å². The van der Waals surface area contributed by atoms with Crippen LogP contribution >= 0.6 is 35.3 Å². The van der Waals surface area contributed by atoms with Gasteiger partial charge in [0.2, 0.25) is 0 Å². The molecule has 0 bridgehead atoms. The summed E-state index contributed by atoms with van der Waals surface area (Å²) in [5.41, 5.74) is 0. The zero-order valence-electron chi connectivity index (χ0n) is 8.78. The van der Waals surface area contributed by atoms with Gasteiger partial charge in [0.05, 0.1) is 10.4 Å². The van der Waals surface area contributed by atoms with Crippen LogP contribution in [0.25, 0.3) is 0 Å². The second kappa shape index (κ2) is 6.79. The van der Waals surface area contributed by atoms with Crippen molar-refractivity contribution in [1.29, 1.82) is 0 Å². The SMILES string of the molecule is Cl.OC1CNCC1CNCc1ccc(Cl)s1. The second-order valence-corrected chi connectivity index (χ2v) is 5.62. The van der Waals surface area contributed by atoms with Crippen molar-refractivity contribution in [1.82, 2.24) is 10.6 Å². The summed E-state index contributed by atoms with van der Waals surface area (Å²) in [4.78, 5) is 1.24. The van der Waals surface area contributed by atoms with Crippen molar-refractivity contribution in [2.24, 2.45) is 5.92 Å². The molecular formula is C10H16Cl2N2OS. The lowest BCUT2D eigenvalue weighted by Crippen LogP contribution is -2.29. The van der Waals surface area contributed by atoms with Crippen LogP contribution in [0, 0.1) is 5.92 Å². The van der Waals surface area contributed by atoms with E-state index >= 15 is 0 Å². The molecule has 0 spiro atoms. The summed E-state index contributed by atoms with van der Waals surface area (Å²) in [7, 11) is 0. The molecule has 0 saturated carbocycles. The van der Waals surface area contributed by atoms with Crippen LogP contribution in [-0.4, -0.2) is 30.8 Å². The minimum atomic E-state index is -0.204. The highest BCUT2D eigenvalue weighted by molar-refractivity contribution is 7.16. The van der Waals surface area contributed by atoms with E-state index in [1.165, 1.54) is 4.88 Å². The number of β-amino-alcohol motifs (C(OH)–C–C–N with tert-alkyl or cyclic N) is 1. The van der Waals surface area contributed by atoms with Crippen molar-refractivity contribution >= 4 is 35.3 Å². The molecule has 2 rings (SSSR count). The summed E-state index contributed by atoms with van der Waals surface area (Å²) in [6, 6.07) is 3.94. The maximum absolute atomic E-state index is 9.57. The van der Waals surface area contributed by atoms with Crippen LogP contribution in [-0.2, 0) is 6.54 Å². The highest BCUT2D eigenvalue weighted by atomic mass is 35.5. The molecule has 0 aliphatic carbocycles. The third-order valence-corrected chi connectivity index (χ3v) is 3.87. The zero-order valence-corrected chi connectivity index (χ0v) is 11.2. The van der Waals surface area contributed by atoms with Gasteiger partial charge in [-0.2, -0.15) is 0 Å². The fourth-order valence-electron chi connectivity index (χ4n) is 1.76. The summed E-state index contributed by atoms with van der Waals surface area (Å²) >= 11 is 7.43. The van der Waals surface area contributed by atoms with E-state index in [1.807, 2.05) is 12.1 Å². The normalized spacial score (nSPS) is 24.4. The summed E-state index contributed by atoms with van der Waals surface area (Å²) in [5, 5.41) is 16.1. The predicted octanol–water partition coefficient (Wildman–Crippen LogP) is 1.49. The van der Waals surface area contributed by atoms with E-state index in [9.17, 15) is 5.11 Å². The molecule has 1 fully saturated rings. The van der Waals surface area contributed by atoms with Crippen LogP contribution in [0.2, 0.25) is 4.34 Å². The van der Waals surface area contributed by atoms with Crippen LogP contribution in [0.15, 0.2) is 12.1 Å². The Labute approximate surface area is 111 Å². The zero-order chi connectivity index (χ0) is 10.7. The highest BCUT2D eigenvalue weighted by Crippen LogP contribution is 2.21. The number of hydrogen-bond donors (Lipinski definition) is 3. The van der Waals surface area contributed by atoms with Gasteiger partial charge in [0.1, 0.15) is 0 Å². The number of aliphatic hydroxyl groups excluding tert-OH is 1. The van der Waals surface area contributed by atoms with Gasteiger partial charge in [0.15, 0.2) is 0 Å². The van der Waals surface area contributed by atoms with E-state index in [-0.39, 0.29) is 18.5 Å². The van der Waals surface area contributed by atoms with Crippen molar-refractivity contribution in [3.63, 3.8) is 0 Å². The molecule has 0 amide bonds. The molecule has 3 nitrogen and oxygen atoms in total. The Morgan fingerprint density at radius 2 is 2.31 bits per heavy atom. The number of nitrogens with one attached hydrogen (secondary N) is 2. The summed E-state index contributed by atoms with van der Waals surface area (Å²) in [6.45, 7) is 3.31. The summed E-state index contributed by atoms with van der Waals surface area (Å²) < 4.78 is 0.828. The third-order valence-electron chi connectivity index (χ3n) is 2.64. The minimum absolute atomic E-state index is 0. The van der Waals surface area contributed by atoms with E-state index < -0.39 is 0 Å². The fourth-order valence-corrected chi connectivity index (χ4v) is 2.81. The maximum Gasteiger partial charge on any atom is 0.0931 e. The Kier molecular flexibility index (Phi) is 6.03. The van der Waals surface area contributed by atoms with Crippen molar-refractivity contribution in [3.05, 3.63) is 21.3 Å². The minimum Gasteiger partial charge on any atom is -0.391 e. The Bertz CT molecular complexity index is 322. The molecule has 92 valence electrons. The highest BCUT2D eigenvalue weighted by Gasteiger charge is 2.23. The molecule has 2 atom stereocenters. The molecule has 3 N–H and O–H groups in total. The summed E-state index contributed by atoms with van der Waals surface area (Å²) in [6.07, 6.45) is -0.204. The Morgan fingerprint density at radius 3 is 2.88 bits per heavy atom. The Morgan fingerprint density at radius 1 is 1.50 bits per heavy atom. The number of halogens is 2. The average Bonchev–Trinajstić information content (AvgIpc) is 2.77. The number of hydrogen-bond acceptors (Lipinski definition) is 4. The fraction of sp³-hybridized carbons (Fsp3) is 0.600. The Balaban J connectivity index is 0.00000128. The van der Waals surface area contributed by atoms with Crippen LogP contribution < -0.4 is 10.6 Å². The monoisotopic (exact) mass is 282 g/mol. The number of thiophene rings is 1. The second-order valence-electron chi connectivity index (χ2n) is 3.82. The first-order chi connectivity index (χ1) is 7.25. The van der Waals surface area contributed by atoms with Gasteiger partial charge in [-0.3, -0.25) is 0 Å². The lowest BCUT2D eigenvalue weighted by atomic mass is 10.1. The quantitative estimate of drug-likeness (QED) is 0.784. The molecule has 0 radical (unpaired) electrons. The topological polar surface area (TPSA) is 44.3 Å². The van der Waals surface area contributed by atoms with Gasteiger partial charge in [-0.05, 0) is 12.1 Å². The molecule has 0 aromatic carbocycles. The molecular weight excluding hydrogens is 267 g/mol. The van der Waals surface area contributed by atoms with Gasteiger partial charge in [-0.15, -0.1) is 23.7 Å². The van der Waals surface area contributed by atoms with Crippen LogP contribution in [0.5, 0.6) is 0 Å². The predicted molar refractivity (Wildman–Crippen MR) is 70.7 cm³/mol. The van der Waals surface area contributed by atoms with E-state index in [1.54, 1.807) is 11.3 Å². The Hall–Kier alpha value is 0.160. The van der Waals surface area contributed by atoms with Crippen molar-refractivity contribution in [2.75, 3.05) is 19.6 Å². The lowest BCUT2D eigenvalue weighted by molar-refractivity contribution is 0.146. The van der Waals surface area contributed by atoms with E-state index in [0.717, 1.165) is 30.5 Å². The molecule has 2 heterocycles. The molecule has 1 aromatic heterocycles. The third kappa shape index (κ3) is 3.87. The van der Waals surface area contributed by atoms with Crippen LogP contribution in [0.4, 0.5) is 0 Å². The van der Waals surface area contributed by atoms with E-state index in [0.29, 0.717) is 5.92 Å². The first-order valence-electron chi connectivity index (χ1n) is 5.09. The molecule has 1 aliphatic rings. The first kappa shape index (κ1) is 14.2. The lowest BCUT2D eigenvalue weighted by Gasteiger charge is -2.13. The number of rotatable bonds is 4. The maximum atomic E-state index is 9.57. The van der Waals surface area contributed by atoms with Gasteiger partial charge in [0, 0.05) is 37.0 Å². The van der Waals surface area contributed by atoms with Gasteiger partial charge < -0.3 is 15.7 Å². The molecule has 6 heteroatoms. The average molecular weight is 283 g/mol. The largest absolute Gasteiger partial charge is 0.391 e. The van der Waals surface area contributed by atoms with Gasteiger partial charge in [-0.1, -0.05) is 11.6 Å². The van der Waals surface area contributed by atoms with Crippen molar-refractivity contribution in [3.8, 4) is 0 Å². The van der Waals surface area contributed by atoms with E-state index in [2.05, 4.69) is 10.6 Å². The molecule has 1 aromatic rings. The standard InChI is InChI=1S/C10H15ClN2OS.ClH/c11-10-2-1-8(15-10)5-12-3-7-4-13-6-9(7)14;/h1-2,7,9,12-14H,3-6H2;1H. The molecule has 16 heavy (non-hydrogen) atoms. The molecule has 1 aliphatic heterocycles. The van der Waals surface area contributed by atoms with Crippen LogP contribution in [0.1, 0.15) is 4.88 Å². The summed E-state index contributed by atoms with van der Waals surface area (Å²) in [5.74, 6) is 0.334. The van der Waals surface area contributed by atoms with Gasteiger partial charge >= 0.3 is 0 Å².